The number of pyridine rings is 1. The molecule has 1 aromatic carbocycles. The van der Waals surface area contributed by atoms with E-state index in [4.69, 9.17) is 4.74 Å². The van der Waals surface area contributed by atoms with Crippen LogP contribution in [0, 0.1) is 0 Å². The van der Waals surface area contributed by atoms with Gasteiger partial charge in [0.2, 0.25) is 5.82 Å². The van der Waals surface area contributed by atoms with Crippen molar-refractivity contribution in [1.82, 2.24) is 30.0 Å². The Kier molecular flexibility index (Phi) is 6.14. The van der Waals surface area contributed by atoms with Gasteiger partial charge in [0, 0.05) is 43.0 Å². The van der Waals surface area contributed by atoms with Gasteiger partial charge < -0.3 is 10.1 Å². The highest BCUT2D eigenvalue weighted by Crippen LogP contribution is 2.28. The number of nitrogens with zero attached hydrogens (tertiary/aromatic N) is 5. The number of aromatic nitrogens is 5. The highest BCUT2D eigenvalue weighted by molar-refractivity contribution is 6.11. The Labute approximate surface area is 197 Å². The fourth-order valence-corrected chi connectivity index (χ4v) is 3.85. The van der Waals surface area contributed by atoms with Crippen LogP contribution < -0.4 is 5.32 Å². The summed E-state index contributed by atoms with van der Waals surface area (Å²) in [5.41, 5.74) is 3.56. The topological polar surface area (TPSA) is 109 Å². The van der Waals surface area contributed by atoms with Crippen molar-refractivity contribution >= 4 is 22.5 Å². The van der Waals surface area contributed by atoms with E-state index >= 15 is 0 Å². The van der Waals surface area contributed by atoms with Gasteiger partial charge in [0.05, 0.1) is 36.8 Å². The number of anilines is 1. The number of halogens is 3. The normalized spacial score (nSPS) is 14.8. The summed E-state index contributed by atoms with van der Waals surface area (Å²) in [5.74, 6) is -1.88. The summed E-state index contributed by atoms with van der Waals surface area (Å²) in [6.45, 7) is 3.93. The molecule has 0 aliphatic carbocycles. The minimum absolute atomic E-state index is 0.0234. The molecular formula is C23H20F3N7O2. The molecule has 0 spiro atoms. The van der Waals surface area contributed by atoms with Crippen molar-refractivity contribution in [1.29, 1.82) is 0 Å². The minimum atomic E-state index is -4.66. The molecule has 1 aliphatic heterocycles. The molecule has 4 aromatic rings. The Morgan fingerprint density at radius 2 is 1.83 bits per heavy atom. The van der Waals surface area contributed by atoms with Gasteiger partial charge >= 0.3 is 6.18 Å². The second-order valence-electron chi connectivity index (χ2n) is 8.05. The number of nitrogens with one attached hydrogen (secondary N) is 2. The largest absolute Gasteiger partial charge is 0.451 e. The van der Waals surface area contributed by atoms with E-state index < -0.39 is 17.9 Å². The highest BCUT2D eigenvalue weighted by atomic mass is 19.4. The highest BCUT2D eigenvalue weighted by Gasteiger charge is 2.34. The number of hydrogen-bond donors (Lipinski definition) is 2. The molecule has 0 radical (unpaired) electrons. The van der Waals surface area contributed by atoms with Gasteiger partial charge in [0.15, 0.2) is 5.69 Å². The summed E-state index contributed by atoms with van der Waals surface area (Å²) in [7, 11) is 0. The first-order valence-corrected chi connectivity index (χ1v) is 10.8. The zero-order chi connectivity index (χ0) is 24.4. The number of hydrogen-bond acceptors (Lipinski definition) is 7. The first-order chi connectivity index (χ1) is 16.9. The molecule has 180 valence electrons. The Morgan fingerprint density at radius 1 is 1.06 bits per heavy atom. The number of rotatable bonds is 5. The number of carbonyl (C=O) groups excluding carboxylic acids is 1. The molecule has 0 unspecified atom stereocenters. The summed E-state index contributed by atoms with van der Waals surface area (Å²) < 4.78 is 43.4. The van der Waals surface area contributed by atoms with Crippen LogP contribution in [0.2, 0.25) is 0 Å². The lowest BCUT2D eigenvalue weighted by Crippen LogP contribution is -2.35. The lowest BCUT2D eigenvalue weighted by molar-refractivity contribution is -0.144. The van der Waals surface area contributed by atoms with E-state index in [1.54, 1.807) is 6.20 Å². The molecular weight excluding hydrogens is 463 g/mol. The van der Waals surface area contributed by atoms with E-state index in [0.717, 1.165) is 48.7 Å². The predicted octanol–water partition coefficient (Wildman–Crippen LogP) is 3.52. The summed E-state index contributed by atoms with van der Waals surface area (Å²) in [6, 6.07) is 7.60. The van der Waals surface area contributed by atoms with Gasteiger partial charge in [-0.3, -0.25) is 19.8 Å². The van der Waals surface area contributed by atoms with Crippen molar-refractivity contribution in [3.63, 3.8) is 0 Å². The van der Waals surface area contributed by atoms with Crippen molar-refractivity contribution in [2.24, 2.45) is 0 Å². The Hall–Kier alpha value is -3.90. The fourth-order valence-electron chi connectivity index (χ4n) is 3.85. The van der Waals surface area contributed by atoms with Crippen LogP contribution in [0.5, 0.6) is 0 Å². The maximum Gasteiger partial charge on any atom is 0.451 e. The molecule has 9 nitrogen and oxygen atoms in total. The number of amides is 1. The first-order valence-electron chi connectivity index (χ1n) is 10.8. The van der Waals surface area contributed by atoms with Gasteiger partial charge in [-0.1, -0.05) is 6.07 Å². The van der Waals surface area contributed by atoms with Gasteiger partial charge in [-0.25, -0.2) is 9.97 Å². The molecule has 5 rings (SSSR count). The summed E-state index contributed by atoms with van der Waals surface area (Å²) in [6.07, 6.45) is 0.731. The van der Waals surface area contributed by atoms with Crippen LogP contribution in [-0.2, 0) is 17.5 Å². The lowest BCUT2D eigenvalue weighted by Gasteiger charge is -2.26. The molecule has 1 saturated heterocycles. The molecule has 0 atom stereocenters. The van der Waals surface area contributed by atoms with Gasteiger partial charge in [-0.2, -0.15) is 18.3 Å². The molecule has 1 fully saturated rings. The Morgan fingerprint density at radius 3 is 2.57 bits per heavy atom. The third kappa shape index (κ3) is 5.12. The van der Waals surface area contributed by atoms with Crippen LogP contribution >= 0.6 is 0 Å². The van der Waals surface area contributed by atoms with Crippen LogP contribution in [-0.4, -0.2) is 62.3 Å². The maximum atomic E-state index is 12.8. The summed E-state index contributed by atoms with van der Waals surface area (Å²) >= 11 is 0. The van der Waals surface area contributed by atoms with Gasteiger partial charge in [0.25, 0.3) is 5.91 Å². The number of alkyl halides is 3. The molecule has 1 aliphatic rings. The van der Waals surface area contributed by atoms with Crippen molar-refractivity contribution in [2.75, 3.05) is 31.6 Å². The molecule has 0 saturated carbocycles. The standard InChI is InChI=1S/C23H20F3N7O2/c24-23(25,26)22-28-11-17(12-29-22)30-21(34)20-18-8-15(1-2-19(18)31-32-20)16-7-14(9-27-10-16)13-33-3-5-35-6-4-33/h1-2,7-12H,3-6,13H2,(H,30,34)(H,31,32). The number of fused-ring (bicyclic) bond motifs is 1. The van der Waals surface area contributed by atoms with Crippen molar-refractivity contribution in [2.45, 2.75) is 12.7 Å². The molecule has 1 amide bonds. The SMILES string of the molecule is O=C(Nc1cnc(C(F)(F)F)nc1)c1n[nH]c2ccc(-c3cncc(CN4CCOCC4)c3)cc12. The third-order valence-electron chi connectivity index (χ3n) is 5.58. The molecule has 3 aromatic heterocycles. The number of aromatic amines is 1. The molecule has 0 bridgehead atoms. The monoisotopic (exact) mass is 483 g/mol. The smallest absolute Gasteiger partial charge is 0.379 e. The third-order valence-corrected chi connectivity index (χ3v) is 5.58. The maximum absolute atomic E-state index is 12.8. The first kappa shape index (κ1) is 22.9. The second-order valence-corrected chi connectivity index (χ2v) is 8.05. The van der Waals surface area contributed by atoms with Crippen molar-refractivity contribution < 1.29 is 22.7 Å². The Bertz CT molecular complexity index is 1350. The van der Waals surface area contributed by atoms with Gasteiger partial charge in [0.1, 0.15) is 0 Å². The van der Waals surface area contributed by atoms with Crippen LogP contribution in [0.3, 0.4) is 0 Å². The van der Waals surface area contributed by atoms with E-state index in [-0.39, 0.29) is 11.4 Å². The minimum Gasteiger partial charge on any atom is -0.379 e. The van der Waals surface area contributed by atoms with Gasteiger partial charge in [-0.05, 0) is 29.3 Å². The average Bonchev–Trinajstić information content (AvgIpc) is 3.28. The number of morpholine rings is 1. The second kappa shape index (κ2) is 9.39. The zero-order valence-corrected chi connectivity index (χ0v) is 18.3. The van der Waals surface area contributed by atoms with Crippen LogP contribution in [0.25, 0.3) is 22.0 Å². The van der Waals surface area contributed by atoms with E-state index in [9.17, 15) is 18.0 Å². The number of carbonyl (C=O) groups is 1. The quantitative estimate of drug-likeness (QED) is 0.447. The number of benzene rings is 1. The van der Waals surface area contributed by atoms with Crippen molar-refractivity contribution in [3.8, 4) is 11.1 Å². The molecule has 4 heterocycles. The van der Waals surface area contributed by atoms with E-state index in [1.807, 2.05) is 24.4 Å². The predicted molar refractivity (Wildman–Crippen MR) is 120 cm³/mol. The van der Waals surface area contributed by atoms with Gasteiger partial charge in [-0.15, -0.1) is 0 Å². The summed E-state index contributed by atoms with van der Waals surface area (Å²) in [4.78, 5) is 26.0. The fraction of sp³-hybridized carbons (Fsp3) is 0.261. The van der Waals surface area contributed by atoms with Crippen LogP contribution in [0.4, 0.5) is 18.9 Å². The lowest BCUT2D eigenvalue weighted by atomic mass is 10.0. The average molecular weight is 483 g/mol. The summed E-state index contributed by atoms with van der Waals surface area (Å²) in [5, 5.41) is 9.94. The van der Waals surface area contributed by atoms with Crippen LogP contribution in [0.1, 0.15) is 21.9 Å². The number of H-pyrrole nitrogens is 1. The van der Waals surface area contributed by atoms with E-state index in [1.165, 1.54) is 0 Å². The van der Waals surface area contributed by atoms with Crippen LogP contribution in [0.15, 0.2) is 49.1 Å². The Balaban J connectivity index is 1.37. The van der Waals surface area contributed by atoms with Crippen molar-refractivity contribution in [3.05, 3.63) is 66.1 Å². The van der Waals surface area contributed by atoms with E-state index in [0.29, 0.717) is 24.1 Å². The molecule has 2 N–H and O–H groups in total. The molecule has 12 heteroatoms. The van der Waals surface area contributed by atoms with E-state index in [2.05, 4.69) is 41.4 Å². The zero-order valence-electron chi connectivity index (χ0n) is 18.3. The number of ether oxygens (including phenoxy) is 1. The molecule has 35 heavy (non-hydrogen) atoms.